The summed E-state index contributed by atoms with van der Waals surface area (Å²) in [5.74, 6) is 0.0935. The lowest BCUT2D eigenvalue weighted by molar-refractivity contribution is -0.156. The third kappa shape index (κ3) is 3.96. The van der Waals surface area contributed by atoms with Gasteiger partial charge in [0.2, 0.25) is 5.91 Å². The summed E-state index contributed by atoms with van der Waals surface area (Å²) in [5.41, 5.74) is 0.205. The number of hydrogen-bond donors (Lipinski definition) is 2. The Morgan fingerprint density at radius 2 is 2.05 bits per heavy atom. The number of carbonyl (C=O) groups excluding carboxylic acids is 1. The summed E-state index contributed by atoms with van der Waals surface area (Å²) < 4.78 is 10.9. The van der Waals surface area contributed by atoms with Crippen LogP contribution in [0.2, 0.25) is 0 Å². The number of methoxy groups -OCH3 is 1. The van der Waals surface area contributed by atoms with Gasteiger partial charge in [0.25, 0.3) is 0 Å². The fraction of sp³-hybridized carbons (Fsp3) is 0.938. The van der Waals surface area contributed by atoms with Crippen molar-refractivity contribution < 1.29 is 14.3 Å². The molecule has 5 heteroatoms. The van der Waals surface area contributed by atoms with Crippen LogP contribution in [0.1, 0.15) is 45.4 Å². The van der Waals surface area contributed by atoms with Crippen molar-refractivity contribution in [2.75, 3.05) is 33.4 Å². The average Bonchev–Trinajstić information content (AvgIpc) is 2.51. The first kappa shape index (κ1) is 16.7. The highest BCUT2D eigenvalue weighted by Crippen LogP contribution is 2.53. The summed E-state index contributed by atoms with van der Waals surface area (Å²) in [6.45, 7) is 4.54. The van der Waals surface area contributed by atoms with Crippen LogP contribution in [0.4, 0.5) is 0 Å². The van der Waals surface area contributed by atoms with Crippen molar-refractivity contribution in [2.24, 2.45) is 5.41 Å². The standard InChI is InChI=1S/C16H30N2O3/c1-3-21-14-11-13(16(14)7-5-4-6-8-16)18-15(19)12-17-9-10-20-2/h13-14,17H,3-12H2,1-2H3,(H,18,19). The Balaban J connectivity index is 1.80. The Morgan fingerprint density at radius 3 is 2.71 bits per heavy atom. The predicted octanol–water partition coefficient (Wildman–Crippen LogP) is 1.47. The Bertz CT molecular complexity index is 329. The van der Waals surface area contributed by atoms with Gasteiger partial charge in [-0.1, -0.05) is 19.3 Å². The van der Waals surface area contributed by atoms with Crippen LogP contribution in [0.15, 0.2) is 0 Å². The van der Waals surface area contributed by atoms with Crippen LogP contribution < -0.4 is 10.6 Å². The zero-order valence-electron chi connectivity index (χ0n) is 13.5. The van der Waals surface area contributed by atoms with Crippen LogP contribution in [-0.4, -0.2) is 51.5 Å². The van der Waals surface area contributed by atoms with Crippen LogP contribution in [0.5, 0.6) is 0 Å². The fourth-order valence-electron chi connectivity index (χ4n) is 3.89. The van der Waals surface area contributed by atoms with Crippen LogP contribution in [0.25, 0.3) is 0 Å². The van der Waals surface area contributed by atoms with E-state index in [0.717, 1.165) is 13.0 Å². The number of carbonyl (C=O) groups is 1. The molecule has 0 aromatic carbocycles. The van der Waals surface area contributed by atoms with Gasteiger partial charge in [-0.3, -0.25) is 4.79 Å². The quantitative estimate of drug-likeness (QED) is 0.666. The van der Waals surface area contributed by atoms with E-state index >= 15 is 0 Å². The minimum atomic E-state index is 0.0935. The summed E-state index contributed by atoms with van der Waals surface area (Å²) in [4.78, 5) is 12.0. The molecule has 2 rings (SSSR count). The maximum atomic E-state index is 12.0. The maximum absolute atomic E-state index is 12.0. The van der Waals surface area contributed by atoms with Gasteiger partial charge in [0, 0.05) is 31.7 Å². The molecule has 2 aliphatic carbocycles. The predicted molar refractivity (Wildman–Crippen MR) is 82.2 cm³/mol. The highest BCUT2D eigenvalue weighted by Gasteiger charge is 2.55. The van der Waals surface area contributed by atoms with Gasteiger partial charge in [0.1, 0.15) is 0 Å². The molecule has 2 saturated carbocycles. The van der Waals surface area contributed by atoms with Gasteiger partial charge in [0.05, 0.1) is 19.3 Å². The van der Waals surface area contributed by atoms with Crippen molar-refractivity contribution in [2.45, 2.75) is 57.6 Å². The normalized spacial score (nSPS) is 27.3. The summed E-state index contributed by atoms with van der Waals surface area (Å²) in [6.07, 6.45) is 7.55. The lowest BCUT2D eigenvalue weighted by atomic mass is 9.55. The molecule has 2 atom stereocenters. The summed E-state index contributed by atoms with van der Waals surface area (Å²) in [7, 11) is 1.66. The first-order chi connectivity index (χ1) is 10.2. The van der Waals surface area contributed by atoms with Crippen molar-refractivity contribution in [3.05, 3.63) is 0 Å². The average molecular weight is 298 g/mol. The molecule has 0 radical (unpaired) electrons. The number of amides is 1. The second-order valence-corrected chi connectivity index (χ2v) is 6.26. The van der Waals surface area contributed by atoms with E-state index in [1.807, 2.05) is 0 Å². The summed E-state index contributed by atoms with van der Waals surface area (Å²) >= 11 is 0. The highest BCUT2D eigenvalue weighted by molar-refractivity contribution is 5.78. The van der Waals surface area contributed by atoms with E-state index in [-0.39, 0.29) is 11.3 Å². The fourth-order valence-corrected chi connectivity index (χ4v) is 3.89. The molecular formula is C16H30N2O3. The molecule has 0 heterocycles. The largest absolute Gasteiger partial charge is 0.383 e. The highest BCUT2D eigenvalue weighted by atomic mass is 16.5. The van der Waals surface area contributed by atoms with E-state index < -0.39 is 0 Å². The maximum Gasteiger partial charge on any atom is 0.234 e. The van der Waals surface area contributed by atoms with Gasteiger partial charge in [-0.25, -0.2) is 0 Å². The van der Waals surface area contributed by atoms with Crippen LogP contribution in [0, 0.1) is 5.41 Å². The number of rotatable bonds is 8. The first-order valence-corrected chi connectivity index (χ1v) is 8.33. The molecule has 1 spiro atoms. The van der Waals surface area contributed by atoms with Gasteiger partial charge in [-0.15, -0.1) is 0 Å². The van der Waals surface area contributed by atoms with Crippen LogP contribution >= 0.6 is 0 Å². The van der Waals surface area contributed by atoms with Crippen molar-refractivity contribution in [1.82, 2.24) is 10.6 Å². The van der Waals surface area contributed by atoms with E-state index in [0.29, 0.717) is 31.8 Å². The van der Waals surface area contributed by atoms with E-state index in [1.165, 1.54) is 32.1 Å². The third-order valence-corrected chi connectivity index (χ3v) is 5.04. The van der Waals surface area contributed by atoms with Gasteiger partial charge in [0.15, 0.2) is 0 Å². The zero-order valence-corrected chi connectivity index (χ0v) is 13.5. The Labute approximate surface area is 128 Å². The topological polar surface area (TPSA) is 59.6 Å². The van der Waals surface area contributed by atoms with E-state index in [2.05, 4.69) is 17.6 Å². The lowest BCUT2D eigenvalue weighted by Gasteiger charge is -2.57. The monoisotopic (exact) mass is 298 g/mol. The molecule has 1 amide bonds. The van der Waals surface area contributed by atoms with E-state index in [4.69, 9.17) is 9.47 Å². The molecule has 2 N–H and O–H groups in total. The van der Waals surface area contributed by atoms with Crippen molar-refractivity contribution in [1.29, 1.82) is 0 Å². The molecule has 0 saturated heterocycles. The van der Waals surface area contributed by atoms with Gasteiger partial charge in [-0.2, -0.15) is 0 Å². The molecule has 5 nitrogen and oxygen atoms in total. The number of hydrogen-bond acceptors (Lipinski definition) is 4. The third-order valence-electron chi connectivity index (χ3n) is 5.04. The second kappa shape index (κ2) is 8.11. The molecule has 2 unspecified atom stereocenters. The molecule has 0 aromatic heterocycles. The SMILES string of the molecule is CCOC1CC(NC(=O)CNCCOC)C12CCCCC2. The molecule has 2 fully saturated rings. The summed E-state index contributed by atoms with van der Waals surface area (Å²) in [6, 6.07) is 0.297. The van der Waals surface area contributed by atoms with Crippen molar-refractivity contribution in [3.63, 3.8) is 0 Å². The number of ether oxygens (including phenoxy) is 2. The van der Waals surface area contributed by atoms with E-state index in [1.54, 1.807) is 7.11 Å². The minimum Gasteiger partial charge on any atom is -0.383 e. The Morgan fingerprint density at radius 1 is 1.29 bits per heavy atom. The molecular weight excluding hydrogens is 268 g/mol. The van der Waals surface area contributed by atoms with Crippen LogP contribution in [-0.2, 0) is 14.3 Å². The molecule has 0 aromatic rings. The molecule has 0 aliphatic heterocycles. The smallest absolute Gasteiger partial charge is 0.234 e. The van der Waals surface area contributed by atoms with Gasteiger partial charge >= 0.3 is 0 Å². The molecule has 2 aliphatic rings. The summed E-state index contributed by atoms with van der Waals surface area (Å²) in [5, 5.41) is 6.32. The van der Waals surface area contributed by atoms with E-state index in [9.17, 15) is 4.79 Å². The number of nitrogens with one attached hydrogen (secondary N) is 2. The molecule has 0 bridgehead atoms. The minimum absolute atomic E-state index is 0.0935. The molecule has 122 valence electrons. The Kier molecular flexibility index (Phi) is 6.45. The van der Waals surface area contributed by atoms with Crippen molar-refractivity contribution in [3.8, 4) is 0 Å². The first-order valence-electron chi connectivity index (χ1n) is 8.33. The zero-order chi connectivity index (χ0) is 15.1. The Hall–Kier alpha value is -0.650. The van der Waals surface area contributed by atoms with Crippen LogP contribution in [0.3, 0.4) is 0 Å². The second-order valence-electron chi connectivity index (χ2n) is 6.26. The van der Waals surface area contributed by atoms with Gasteiger partial charge < -0.3 is 20.1 Å². The lowest BCUT2D eigenvalue weighted by Crippen LogP contribution is -2.66. The molecule has 21 heavy (non-hydrogen) atoms. The van der Waals surface area contributed by atoms with Gasteiger partial charge in [-0.05, 0) is 26.2 Å². The van der Waals surface area contributed by atoms with Crippen molar-refractivity contribution >= 4 is 5.91 Å².